The molecule has 0 aliphatic rings. The lowest BCUT2D eigenvalue weighted by atomic mass is 10.1. The van der Waals surface area contributed by atoms with Gasteiger partial charge in [0.05, 0.1) is 12.8 Å². The highest BCUT2D eigenvalue weighted by molar-refractivity contribution is 8.76. The van der Waals surface area contributed by atoms with Crippen LogP contribution < -0.4 is 0 Å². The van der Waals surface area contributed by atoms with Crippen molar-refractivity contribution in [3.8, 4) is 0 Å². The molecule has 0 fully saturated rings. The molecular formula is C19H30N4O2S2. The van der Waals surface area contributed by atoms with Crippen molar-refractivity contribution in [3.63, 3.8) is 0 Å². The molecule has 2 rings (SSSR count). The van der Waals surface area contributed by atoms with E-state index in [0.717, 1.165) is 24.4 Å². The van der Waals surface area contributed by atoms with E-state index in [9.17, 15) is 4.79 Å². The molecule has 0 radical (unpaired) electrons. The van der Waals surface area contributed by atoms with Gasteiger partial charge in [-0.05, 0) is 40.9 Å². The molecule has 2 N–H and O–H groups in total. The molecule has 2 aromatic heterocycles. The summed E-state index contributed by atoms with van der Waals surface area (Å²) in [5.74, 6) is -0.344. The van der Waals surface area contributed by atoms with E-state index in [2.05, 4.69) is 33.8 Å². The van der Waals surface area contributed by atoms with Gasteiger partial charge in [0.1, 0.15) is 5.69 Å². The van der Waals surface area contributed by atoms with Gasteiger partial charge in [-0.25, -0.2) is 14.8 Å². The number of hydrogen-bond donors (Lipinski definition) is 2. The highest BCUT2D eigenvalue weighted by atomic mass is 33.1. The van der Waals surface area contributed by atoms with Crippen LogP contribution in [0.1, 0.15) is 81.4 Å². The fourth-order valence-corrected chi connectivity index (χ4v) is 4.21. The molecule has 0 saturated carbocycles. The van der Waals surface area contributed by atoms with Crippen LogP contribution >= 0.6 is 21.6 Å². The van der Waals surface area contributed by atoms with Crippen molar-refractivity contribution in [2.45, 2.75) is 81.9 Å². The molecule has 0 spiro atoms. The first-order valence-electron chi connectivity index (χ1n) is 9.83. The lowest BCUT2D eigenvalue weighted by Gasteiger charge is -2.02. The SMILES string of the molecule is CCCCCCOC(=O)c1cnc(SSc2ncc(CCCCCC)[nH]2)[nH]1. The smallest absolute Gasteiger partial charge is 0.356 e. The van der Waals surface area contributed by atoms with Gasteiger partial charge in [0, 0.05) is 11.9 Å². The predicted octanol–water partition coefficient (Wildman–Crippen LogP) is 5.79. The quantitative estimate of drug-likeness (QED) is 0.233. The van der Waals surface area contributed by atoms with Crippen LogP contribution in [0.15, 0.2) is 22.7 Å². The second kappa shape index (κ2) is 12.9. The fraction of sp³-hybridized carbons (Fsp3) is 0.632. The summed E-state index contributed by atoms with van der Waals surface area (Å²) < 4.78 is 5.26. The highest BCUT2D eigenvalue weighted by Gasteiger charge is 2.12. The number of carbonyl (C=O) groups excluding carboxylic acids is 1. The van der Waals surface area contributed by atoms with Gasteiger partial charge in [-0.15, -0.1) is 0 Å². The lowest BCUT2D eigenvalue weighted by molar-refractivity contribution is 0.0491. The second-order valence-electron chi connectivity index (χ2n) is 6.49. The van der Waals surface area contributed by atoms with E-state index >= 15 is 0 Å². The molecular weight excluding hydrogens is 380 g/mol. The van der Waals surface area contributed by atoms with Crippen molar-refractivity contribution in [2.75, 3.05) is 6.61 Å². The van der Waals surface area contributed by atoms with Crippen LogP contribution in [-0.2, 0) is 11.2 Å². The number of nitrogens with zero attached hydrogens (tertiary/aromatic N) is 2. The van der Waals surface area contributed by atoms with E-state index < -0.39 is 0 Å². The van der Waals surface area contributed by atoms with E-state index in [1.54, 1.807) is 0 Å². The number of aromatic amines is 2. The topological polar surface area (TPSA) is 83.7 Å². The Bertz CT molecular complexity index is 672. The summed E-state index contributed by atoms with van der Waals surface area (Å²) in [6, 6.07) is 0. The van der Waals surface area contributed by atoms with E-state index in [4.69, 9.17) is 4.74 Å². The number of esters is 1. The van der Waals surface area contributed by atoms with E-state index in [0.29, 0.717) is 17.5 Å². The maximum absolute atomic E-state index is 12.0. The molecule has 0 aliphatic heterocycles. The number of ether oxygens (including phenoxy) is 1. The largest absolute Gasteiger partial charge is 0.461 e. The average molecular weight is 411 g/mol. The van der Waals surface area contributed by atoms with Crippen LogP contribution in [0.25, 0.3) is 0 Å². The summed E-state index contributed by atoms with van der Waals surface area (Å²) in [7, 11) is 2.93. The van der Waals surface area contributed by atoms with Crippen molar-refractivity contribution < 1.29 is 9.53 Å². The third-order valence-corrected chi connectivity index (χ3v) is 6.12. The number of nitrogens with one attached hydrogen (secondary N) is 2. The lowest BCUT2D eigenvalue weighted by Crippen LogP contribution is -2.06. The molecule has 0 unspecified atom stereocenters. The molecule has 0 aliphatic carbocycles. The number of unbranched alkanes of at least 4 members (excludes halogenated alkanes) is 6. The summed E-state index contributed by atoms with van der Waals surface area (Å²) in [6.07, 6.45) is 13.8. The third-order valence-electron chi connectivity index (χ3n) is 4.11. The van der Waals surface area contributed by atoms with Gasteiger partial charge in [0.25, 0.3) is 0 Å². The first kappa shape index (κ1) is 21.9. The van der Waals surface area contributed by atoms with Crippen molar-refractivity contribution in [2.24, 2.45) is 0 Å². The number of rotatable bonds is 14. The summed E-state index contributed by atoms with van der Waals surface area (Å²) in [5.41, 5.74) is 1.56. The maximum atomic E-state index is 12.0. The molecule has 0 bridgehead atoms. The number of imidazole rings is 2. The predicted molar refractivity (Wildman–Crippen MR) is 111 cm³/mol. The standard InChI is InChI=1S/C19H30N4O2S2/c1-3-5-7-9-11-15-13-20-18(22-15)26-27-19-21-14-16(23-19)17(24)25-12-10-8-6-4-2/h13-14H,3-12H2,1-2H3,(H,20,22)(H,21,23). The fourth-order valence-electron chi connectivity index (χ4n) is 2.55. The number of carbonyl (C=O) groups is 1. The summed E-state index contributed by atoms with van der Waals surface area (Å²) >= 11 is 0. The molecule has 0 saturated heterocycles. The van der Waals surface area contributed by atoms with Crippen LogP contribution in [0.3, 0.4) is 0 Å². The number of H-pyrrole nitrogens is 2. The average Bonchev–Trinajstić information content (AvgIpc) is 3.33. The Morgan fingerprint density at radius 1 is 0.926 bits per heavy atom. The van der Waals surface area contributed by atoms with Crippen LogP contribution in [0, 0.1) is 0 Å². The first-order valence-corrected chi connectivity index (χ1v) is 12.0. The molecule has 2 aromatic rings. The molecule has 6 nitrogen and oxygen atoms in total. The zero-order chi connectivity index (χ0) is 19.3. The number of aryl methyl sites for hydroxylation is 1. The Hall–Kier alpha value is -1.41. The monoisotopic (exact) mass is 410 g/mol. The second-order valence-corrected chi connectivity index (χ2v) is 8.60. The highest BCUT2D eigenvalue weighted by Crippen LogP contribution is 2.33. The van der Waals surface area contributed by atoms with Crippen LogP contribution in [0.5, 0.6) is 0 Å². The van der Waals surface area contributed by atoms with Gasteiger partial charge in [-0.2, -0.15) is 0 Å². The Labute approximate surface area is 169 Å². The van der Waals surface area contributed by atoms with E-state index in [-0.39, 0.29) is 5.97 Å². The van der Waals surface area contributed by atoms with Crippen molar-refractivity contribution >= 4 is 27.6 Å². The van der Waals surface area contributed by atoms with E-state index in [1.165, 1.54) is 72.0 Å². The molecule has 2 heterocycles. The Morgan fingerprint density at radius 3 is 2.33 bits per heavy atom. The number of hydrogen-bond acceptors (Lipinski definition) is 6. The van der Waals surface area contributed by atoms with Gasteiger partial charge < -0.3 is 14.7 Å². The van der Waals surface area contributed by atoms with E-state index in [1.807, 2.05) is 6.20 Å². The normalized spacial score (nSPS) is 11.0. The van der Waals surface area contributed by atoms with Gasteiger partial charge >= 0.3 is 5.97 Å². The summed E-state index contributed by atoms with van der Waals surface area (Å²) in [5, 5.41) is 1.51. The van der Waals surface area contributed by atoms with Crippen molar-refractivity contribution in [1.82, 2.24) is 19.9 Å². The minimum absolute atomic E-state index is 0.344. The third kappa shape index (κ3) is 8.43. The van der Waals surface area contributed by atoms with Gasteiger partial charge in [0.15, 0.2) is 10.3 Å². The van der Waals surface area contributed by atoms with Crippen LogP contribution in [-0.4, -0.2) is 32.5 Å². The Morgan fingerprint density at radius 2 is 1.59 bits per heavy atom. The minimum Gasteiger partial charge on any atom is -0.461 e. The zero-order valence-corrected chi connectivity index (χ0v) is 17.9. The van der Waals surface area contributed by atoms with Crippen molar-refractivity contribution in [3.05, 3.63) is 23.8 Å². The maximum Gasteiger partial charge on any atom is 0.356 e. The van der Waals surface area contributed by atoms with Crippen LogP contribution in [0.2, 0.25) is 0 Å². The Kier molecular flexibility index (Phi) is 10.4. The van der Waals surface area contributed by atoms with Gasteiger partial charge in [-0.3, -0.25) is 0 Å². The first-order chi connectivity index (χ1) is 13.2. The summed E-state index contributed by atoms with van der Waals surface area (Å²) in [4.78, 5) is 26.9. The molecule has 0 atom stereocenters. The van der Waals surface area contributed by atoms with Crippen LogP contribution in [0.4, 0.5) is 0 Å². The number of aromatic nitrogens is 4. The minimum atomic E-state index is -0.344. The van der Waals surface area contributed by atoms with Crippen molar-refractivity contribution in [1.29, 1.82) is 0 Å². The molecule has 0 amide bonds. The molecule has 27 heavy (non-hydrogen) atoms. The molecule has 150 valence electrons. The zero-order valence-electron chi connectivity index (χ0n) is 16.3. The Balaban J connectivity index is 1.69. The summed E-state index contributed by atoms with van der Waals surface area (Å²) in [6.45, 7) is 4.84. The van der Waals surface area contributed by atoms with Gasteiger partial charge in [0.2, 0.25) is 0 Å². The molecule has 8 heteroatoms. The van der Waals surface area contributed by atoms with Gasteiger partial charge in [-0.1, -0.05) is 52.4 Å². The molecule has 0 aromatic carbocycles.